The van der Waals surface area contributed by atoms with Crippen LogP contribution in [0.5, 0.6) is 0 Å². The third-order valence-corrected chi connectivity index (χ3v) is 6.72. The number of sulfonamides is 1. The lowest BCUT2D eigenvalue weighted by Crippen LogP contribution is -2.38. The molecule has 1 atom stereocenters. The second-order valence-electron chi connectivity index (χ2n) is 5.48. The first-order chi connectivity index (χ1) is 9.39. The van der Waals surface area contributed by atoms with Gasteiger partial charge >= 0.3 is 0 Å². The molecule has 21 heavy (non-hydrogen) atoms. The number of nitrogens with zero attached hydrogens (tertiary/aromatic N) is 1. The van der Waals surface area contributed by atoms with E-state index in [9.17, 15) is 16.8 Å². The number of nitrogen functional groups attached to an aromatic ring is 1. The van der Waals surface area contributed by atoms with Gasteiger partial charge in [-0.15, -0.1) is 0 Å². The fraction of sp³-hybridized carbons (Fsp3) is 0.538. The largest absolute Gasteiger partial charge is 0.398 e. The fourth-order valence-corrected chi connectivity index (χ4v) is 4.12. The molecule has 2 N–H and O–H groups in total. The van der Waals surface area contributed by atoms with E-state index in [4.69, 9.17) is 5.73 Å². The van der Waals surface area contributed by atoms with E-state index in [0.717, 1.165) is 12.3 Å². The Morgan fingerprint density at radius 3 is 2.05 bits per heavy atom. The van der Waals surface area contributed by atoms with Gasteiger partial charge in [0, 0.05) is 19.3 Å². The van der Waals surface area contributed by atoms with Crippen LogP contribution in [0, 0.1) is 5.92 Å². The Labute approximate surface area is 126 Å². The van der Waals surface area contributed by atoms with E-state index in [0.29, 0.717) is 0 Å². The molecule has 8 heteroatoms. The standard InChI is InChI=1S/C13H22N2O4S2/c1-9(2)10(3)15(4)21(18,19)13-8-11(20(5,16)17)6-7-12(13)14/h6-10H,14H2,1-5H3. The molecule has 0 amide bonds. The first-order valence-corrected chi connectivity index (χ1v) is 9.79. The molecule has 0 aromatic heterocycles. The summed E-state index contributed by atoms with van der Waals surface area (Å²) < 4.78 is 49.6. The van der Waals surface area contributed by atoms with E-state index in [1.54, 1.807) is 6.92 Å². The Balaban J connectivity index is 3.45. The van der Waals surface area contributed by atoms with Gasteiger partial charge in [0.2, 0.25) is 10.0 Å². The average Bonchev–Trinajstić information content (AvgIpc) is 2.35. The monoisotopic (exact) mass is 334 g/mol. The van der Waals surface area contributed by atoms with Crippen molar-refractivity contribution in [2.45, 2.75) is 36.6 Å². The Morgan fingerprint density at radius 2 is 1.62 bits per heavy atom. The van der Waals surface area contributed by atoms with Crippen LogP contribution < -0.4 is 5.73 Å². The van der Waals surface area contributed by atoms with Crippen molar-refractivity contribution < 1.29 is 16.8 Å². The lowest BCUT2D eigenvalue weighted by Gasteiger charge is -2.27. The summed E-state index contributed by atoms with van der Waals surface area (Å²) in [7, 11) is -5.89. The zero-order valence-corrected chi connectivity index (χ0v) is 14.5. The molecule has 0 aliphatic rings. The SMILES string of the molecule is CC(C)C(C)N(C)S(=O)(=O)c1cc(S(C)(=O)=O)ccc1N. The van der Waals surface area contributed by atoms with E-state index in [2.05, 4.69) is 0 Å². The molecule has 0 radical (unpaired) electrons. The van der Waals surface area contributed by atoms with Crippen LogP contribution in [0.1, 0.15) is 20.8 Å². The maximum Gasteiger partial charge on any atom is 0.245 e. The van der Waals surface area contributed by atoms with Crippen molar-refractivity contribution in [2.24, 2.45) is 5.92 Å². The van der Waals surface area contributed by atoms with Gasteiger partial charge in [0.1, 0.15) is 4.90 Å². The summed E-state index contributed by atoms with van der Waals surface area (Å²) in [5.41, 5.74) is 5.76. The van der Waals surface area contributed by atoms with Gasteiger partial charge in [-0.1, -0.05) is 13.8 Å². The maximum absolute atomic E-state index is 12.6. The van der Waals surface area contributed by atoms with Crippen LogP contribution in [0.3, 0.4) is 0 Å². The summed E-state index contributed by atoms with van der Waals surface area (Å²) in [6.07, 6.45) is 1.02. The highest BCUT2D eigenvalue weighted by molar-refractivity contribution is 7.91. The lowest BCUT2D eigenvalue weighted by atomic mass is 10.1. The number of benzene rings is 1. The predicted molar refractivity (Wildman–Crippen MR) is 83.2 cm³/mol. The third kappa shape index (κ3) is 3.75. The van der Waals surface area contributed by atoms with Crippen LogP contribution in [0.15, 0.2) is 28.0 Å². The van der Waals surface area contributed by atoms with Gasteiger partial charge in [-0.25, -0.2) is 16.8 Å². The highest BCUT2D eigenvalue weighted by Crippen LogP contribution is 2.27. The normalized spacial score (nSPS) is 14.6. The topological polar surface area (TPSA) is 97.5 Å². The summed E-state index contributed by atoms with van der Waals surface area (Å²) in [6, 6.07) is 3.48. The highest BCUT2D eigenvalue weighted by atomic mass is 32.2. The molecule has 0 aliphatic heterocycles. The number of hydrogen-bond acceptors (Lipinski definition) is 5. The van der Waals surface area contributed by atoms with Gasteiger partial charge < -0.3 is 5.73 Å². The maximum atomic E-state index is 12.6. The quantitative estimate of drug-likeness (QED) is 0.819. The highest BCUT2D eigenvalue weighted by Gasteiger charge is 2.29. The first-order valence-electron chi connectivity index (χ1n) is 6.46. The van der Waals surface area contributed by atoms with E-state index in [-0.39, 0.29) is 27.4 Å². The molecule has 6 nitrogen and oxygen atoms in total. The van der Waals surface area contributed by atoms with Crippen molar-refractivity contribution in [2.75, 3.05) is 19.0 Å². The second-order valence-corrected chi connectivity index (χ2v) is 9.46. The Bertz CT molecular complexity index is 725. The van der Waals surface area contributed by atoms with Crippen LogP contribution in [0.25, 0.3) is 0 Å². The Kier molecular flexibility index (Phi) is 5.07. The summed E-state index contributed by atoms with van der Waals surface area (Å²) in [6.45, 7) is 5.61. The molecule has 1 unspecified atom stereocenters. The zero-order chi connectivity index (χ0) is 16.6. The zero-order valence-electron chi connectivity index (χ0n) is 12.9. The molecule has 0 heterocycles. The van der Waals surface area contributed by atoms with Crippen LogP contribution in [-0.2, 0) is 19.9 Å². The van der Waals surface area contributed by atoms with E-state index < -0.39 is 19.9 Å². The average molecular weight is 334 g/mol. The molecule has 0 saturated carbocycles. The van der Waals surface area contributed by atoms with Crippen molar-refractivity contribution in [3.8, 4) is 0 Å². The molecule has 1 aromatic rings. The number of sulfone groups is 1. The van der Waals surface area contributed by atoms with Crippen LogP contribution in [0.2, 0.25) is 0 Å². The smallest absolute Gasteiger partial charge is 0.245 e. The van der Waals surface area contributed by atoms with E-state index in [1.807, 2.05) is 13.8 Å². The van der Waals surface area contributed by atoms with Gasteiger partial charge in [0.25, 0.3) is 0 Å². The molecule has 0 aliphatic carbocycles. The van der Waals surface area contributed by atoms with Crippen LogP contribution >= 0.6 is 0 Å². The molecular formula is C13H22N2O4S2. The Morgan fingerprint density at radius 1 is 1.10 bits per heavy atom. The van der Waals surface area contributed by atoms with Crippen molar-refractivity contribution in [1.82, 2.24) is 4.31 Å². The summed E-state index contributed by atoms with van der Waals surface area (Å²) in [5, 5.41) is 0. The van der Waals surface area contributed by atoms with Crippen molar-refractivity contribution in [3.05, 3.63) is 18.2 Å². The van der Waals surface area contributed by atoms with E-state index >= 15 is 0 Å². The number of hydrogen-bond donors (Lipinski definition) is 1. The molecular weight excluding hydrogens is 312 g/mol. The molecule has 0 spiro atoms. The summed E-state index contributed by atoms with van der Waals surface area (Å²) in [4.78, 5) is -0.249. The fourth-order valence-electron chi connectivity index (χ4n) is 1.76. The van der Waals surface area contributed by atoms with E-state index in [1.165, 1.54) is 23.5 Å². The predicted octanol–water partition coefficient (Wildman–Crippen LogP) is 1.34. The molecule has 1 aromatic carbocycles. The third-order valence-electron chi connectivity index (χ3n) is 3.61. The summed E-state index contributed by atoms with van der Waals surface area (Å²) >= 11 is 0. The van der Waals surface area contributed by atoms with Gasteiger partial charge in [-0.2, -0.15) is 4.31 Å². The molecule has 0 saturated heterocycles. The minimum absolute atomic E-state index is 0.0326. The number of anilines is 1. The van der Waals surface area contributed by atoms with Crippen molar-refractivity contribution >= 4 is 25.5 Å². The van der Waals surface area contributed by atoms with Gasteiger partial charge in [0.05, 0.1) is 10.6 Å². The molecule has 0 bridgehead atoms. The van der Waals surface area contributed by atoms with Crippen molar-refractivity contribution in [3.63, 3.8) is 0 Å². The summed E-state index contributed by atoms with van der Waals surface area (Å²) in [5.74, 6) is 0.115. The minimum atomic E-state index is -3.85. The minimum Gasteiger partial charge on any atom is -0.398 e. The van der Waals surface area contributed by atoms with Gasteiger partial charge in [0.15, 0.2) is 9.84 Å². The second kappa shape index (κ2) is 5.94. The number of nitrogens with two attached hydrogens (primary N) is 1. The number of rotatable bonds is 5. The van der Waals surface area contributed by atoms with Crippen LogP contribution in [0.4, 0.5) is 5.69 Å². The molecule has 120 valence electrons. The first kappa shape index (κ1) is 17.9. The molecule has 0 fully saturated rings. The molecule has 1 rings (SSSR count). The lowest BCUT2D eigenvalue weighted by molar-refractivity contribution is 0.316. The van der Waals surface area contributed by atoms with Gasteiger partial charge in [-0.3, -0.25) is 0 Å². The van der Waals surface area contributed by atoms with Crippen LogP contribution in [-0.4, -0.2) is 40.5 Å². The Hall–Kier alpha value is -1.12. The van der Waals surface area contributed by atoms with Gasteiger partial charge in [-0.05, 0) is 31.0 Å². The van der Waals surface area contributed by atoms with Crippen molar-refractivity contribution in [1.29, 1.82) is 0 Å².